The molecule has 0 aliphatic rings. The number of nitrogens with one attached hydrogen (secondary N) is 1. The van der Waals surface area contributed by atoms with E-state index in [9.17, 15) is 8.78 Å². The van der Waals surface area contributed by atoms with Crippen LogP contribution in [0.15, 0.2) is 73.1 Å². The molecule has 0 saturated carbocycles. The first-order valence-corrected chi connectivity index (χ1v) is 7.84. The molecule has 0 atom stereocenters. The van der Waals surface area contributed by atoms with Gasteiger partial charge in [0.25, 0.3) is 0 Å². The Hall–Kier alpha value is -3.61. The summed E-state index contributed by atoms with van der Waals surface area (Å²) in [6.07, 6.45) is 3.02. The summed E-state index contributed by atoms with van der Waals surface area (Å²) in [5, 5.41) is 16.9. The Morgan fingerprint density at radius 2 is 1.69 bits per heavy atom. The Balaban J connectivity index is 1.89. The van der Waals surface area contributed by atoms with E-state index in [2.05, 4.69) is 10.2 Å². The van der Waals surface area contributed by atoms with Gasteiger partial charge in [-0.25, -0.2) is 18.1 Å². The molecule has 0 bridgehead atoms. The highest BCUT2D eigenvalue weighted by Gasteiger charge is 2.14. The van der Waals surface area contributed by atoms with Crippen LogP contribution < -0.4 is 5.36 Å². The minimum absolute atomic E-state index is 0.0305. The summed E-state index contributed by atoms with van der Waals surface area (Å²) >= 11 is 0. The number of hydrogen-bond acceptors (Lipinski definition) is 3. The van der Waals surface area contributed by atoms with Crippen LogP contribution in [0.2, 0.25) is 0 Å². The van der Waals surface area contributed by atoms with E-state index in [4.69, 9.17) is 5.41 Å². The van der Waals surface area contributed by atoms with Crippen molar-refractivity contribution in [2.24, 2.45) is 0 Å². The van der Waals surface area contributed by atoms with E-state index in [0.717, 1.165) is 11.8 Å². The molecule has 1 N–H and O–H groups in total. The van der Waals surface area contributed by atoms with Crippen LogP contribution in [0.1, 0.15) is 0 Å². The Bertz CT molecular complexity index is 1130. The average Bonchev–Trinajstić information content (AvgIpc) is 3.15. The summed E-state index contributed by atoms with van der Waals surface area (Å²) in [7, 11) is 0. The lowest BCUT2D eigenvalue weighted by atomic mass is 10.2. The van der Waals surface area contributed by atoms with Crippen LogP contribution in [0.25, 0.3) is 22.8 Å². The van der Waals surface area contributed by atoms with Gasteiger partial charge in [-0.15, -0.1) is 0 Å². The summed E-state index contributed by atoms with van der Waals surface area (Å²) in [4.78, 5) is 0. The molecule has 4 aromatic rings. The fourth-order valence-corrected chi connectivity index (χ4v) is 2.67. The largest absolute Gasteiger partial charge is 0.298 e. The van der Waals surface area contributed by atoms with Gasteiger partial charge in [-0.05, 0) is 36.4 Å². The van der Waals surface area contributed by atoms with Crippen LogP contribution in [-0.2, 0) is 0 Å². The lowest BCUT2D eigenvalue weighted by Gasteiger charge is -2.11. The van der Waals surface area contributed by atoms with Gasteiger partial charge < -0.3 is 0 Å². The quantitative estimate of drug-likeness (QED) is 0.616. The predicted molar refractivity (Wildman–Crippen MR) is 91.9 cm³/mol. The van der Waals surface area contributed by atoms with E-state index in [-0.39, 0.29) is 11.0 Å². The van der Waals surface area contributed by atoms with Gasteiger partial charge in [-0.3, -0.25) is 5.41 Å². The second kappa shape index (κ2) is 6.36. The molecule has 5 nitrogen and oxygen atoms in total. The summed E-state index contributed by atoms with van der Waals surface area (Å²) in [6, 6.07) is 16.5. The van der Waals surface area contributed by atoms with Crippen molar-refractivity contribution in [1.29, 1.82) is 5.41 Å². The van der Waals surface area contributed by atoms with Crippen LogP contribution in [0.3, 0.4) is 0 Å². The third-order valence-corrected chi connectivity index (χ3v) is 3.91. The van der Waals surface area contributed by atoms with Gasteiger partial charge in [0.1, 0.15) is 11.4 Å². The van der Waals surface area contributed by atoms with E-state index in [1.54, 1.807) is 16.9 Å². The molecule has 0 aliphatic carbocycles. The zero-order chi connectivity index (χ0) is 18.1. The molecule has 2 aromatic heterocycles. The van der Waals surface area contributed by atoms with Crippen LogP contribution in [0.4, 0.5) is 8.78 Å². The van der Waals surface area contributed by atoms with Gasteiger partial charge in [0.15, 0.2) is 11.6 Å². The minimum atomic E-state index is -0.995. The molecular formula is C19H13F2N5. The lowest BCUT2D eigenvalue weighted by molar-refractivity contribution is 0.501. The van der Waals surface area contributed by atoms with Crippen LogP contribution in [0.5, 0.6) is 0 Å². The maximum Gasteiger partial charge on any atom is 0.184 e. The highest BCUT2D eigenvalue weighted by Crippen LogP contribution is 2.19. The highest BCUT2D eigenvalue weighted by atomic mass is 19.2. The molecule has 2 aromatic carbocycles. The molecule has 7 heteroatoms. The molecule has 0 unspecified atom stereocenters. The third kappa shape index (κ3) is 2.69. The first-order chi connectivity index (χ1) is 12.6. The van der Waals surface area contributed by atoms with Crippen molar-refractivity contribution in [1.82, 2.24) is 19.6 Å². The normalized spacial score (nSPS) is 10.8. The molecule has 128 valence electrons. The molecule has 26 heavy (non-hydrogen) atoms. The Kier molecular flexibility index (Phi) is 3.89. The second-order valence-corrected chi connectivity index (χ2v) is 5.56. The van der Waals surface area contributed by atoms with Crippen LogP contribution >= 0.6 is 0 Å². The molecule has 0 saturated heterocycles. The van der Waals surface area contributed by atoms with Crippen molar-refractivity contribution in [2.45, 2.75) is 0 Å². The second-order valence-electron chi connectivity index (χ2n) is 5.56. The molecule has 0 aliphatic heterocycles. The van der Waals surface area contributed by atoms with Crippen molar-refractivity contribution in [3.63, 3.8) is 0 Å². The molecule has 0 radical (unpaired) electrons. The molecule has 4 rings (SSSR count). The lowest BCUT2D eigenvalue weighted by Crippen LogP contribution is -2.15. The predicted octanol–water partition coefficient (Wildman–Crippen LogP) is 3.48. The van der Waals surface area contributed by atoms with Crippen molar-refractivity contribution in [3.8, 4) is 22.8 Å². The summed E-state index contributed by atoms with van der Waals surface area (Å²) in [5.41, 5.74) is 1.66. The summed E-state index contributed by atoms with van der Waals surface area (Å²) in [5.74, 6) is -1.95. The van der Waals surface area contributed by atoms with Gasteiger partial charge >= 0.3 is 0 Å². The number of aromatic nitrogens is 4. The Morgan fingerprint density at radius 3 is 2.50 bits per heavy atom. The number of halogens is 2. The van der Waals surface area contributed by atoms with Crippen LogP contribution in [0, 0.1) is 17.0 Å². The fraction of sp³-hybridized carbons (Fsp3) is 0. The Labute approximate surface area is 147 Å². The zero-order valence-electron chi connectivity index (χ0n) is 13.5. The Morgan fingerprint density at radius 1 is 0.885 bits per heavy atom. The summed E-state index contributed by atoms with van der Waals surface area (Å²) < 4.78 is 30.5. The molecule has 0 amide bonds. The number of rotatable bonds is 3. The highest BCUT2D eigenvalue weighted by molar-refractivity contribution is 5.56. The molecule has 2 heterocycles. The maximum absolute atomic E-state index is 14.1. The molecular weight excluding hydrogens is 336 g/mol. The zero-order valence-corrected chi connectivity index (χ0v) is 13.5. The smallest absolute Gasteiger partial charge is 0.184 e. The maximum atomic E-state index is 14.1. The van der Waals surface area contributed by atoms with E-state index in [0.29, 0.717) is 11.4 Å². The van der Waals surface area contributed by atoms with Gasteiger partial charge in [0.05, 0.1) is 22.9 Å². The number of nitrogens with zero attached hydrogens (tertiary/aromatic N) is 4. The van der Waals surface area contributed by atoms with E-state index in [1.165, 1.54) is 29.1 Å². The van der Waals surface area contributed by atoms with Gasteiger partial charge in [-0.2, -0.15) is 10.2 Å². The minimum Gasteiger partial charge on any atom is -0.298 e. The van der Waals surface area contributed by atoms with Crippen molar-refractivity contribution < 1.29 is 8.78 Å². The monoisotopic (exact) mass is 349 g/mol. The van der Waals surface area contributed by atoms with Crippen molar-refractivity contribution in [3.05, 3.63) is 90.0 Å². The van der Waals surface area contributed by atoms with Crippen molar-refractivity contribution >= 4 is 0 Å². The van der Waals surface area contributed by atoms with Gasteiger partial charge in [-0.1, -0.05) is 24.3 Å². The van der Waals surface area contributed by atoms with E-state index in [1.807, 2.05) is 30.3 Å². The number of hydrogen-bond donors (Lipinski definition) is 1. The van der Waals surface area contributed by atoms with Gasteiger partial charge in [0, 0.05) is 6.20 Å². The summed E-state index contributed by atoms with van der Waals surface area (Å²) in [6.45, 7) is 0. The number of benzene rings is 2. The third-order valence-electron chi connectivity index (χ3n) is 3.91. The van der Waals surface area contributed by atoms with Crippen molar-refractivity contribution in [2.75, 3.05) is 0 Å². The van der Waals surface area contributed by atoms with Crippen LogP contribution in [-0.4, -0.2) is 19.6 Å². The first kappa shape index (κ1) is 15.9. The topological polar surface area (TPSA) is 59.5 Å². The SMILES string of the molecule is N=c1ccn(-c2cccc(F)c2F)nc1-c1ccnn1-c1ccccc1. The van der Waals surface area contributed by atoms with E-state index >= 15 is 0 Å². The number of para-hydroxylation sites is 1. The average molecular weight is 349 g/mol. The standard InChI is InChI=1S/C19H13F2N5/c20-14-7-4-8-16(18(14)21)25-12-10-15(22)19(24-25)17-9-11-23-26(17)13-5-2-1-3-6-13/h1-12,22H. The molecule has 0 spiro atoms. The molecule has 0 fully saturated rings. The van der Waals surface area contributed by atoms with Gasteiger partial charge in [0.2, 0.25) is 0 Å². The van der Waals surface area contributed by atoms with E-state index < -0.39 is 11.6 Å². The fourth-order valence-electron chi connectivity index (χ4n) is 2.67. The first-order valence-electron chi connectivity index (χ1n) is 7.84.